The summed E-state index contributed by atoms with van der Waals surface area (Å²) < 4.78 is 0. The van der Waals surface area contributed by atoms with Crippen LogP contribution in [-0.4, -0.2) is 71.4 Å². The number of carbonyl (C=O) groups is 1. The first-order chi connectivity index (χ1) is 11.1. The fraction of sp³-hybridized carbons (Fsp3) is 0.929. The molecule has 0 spiro atoms. The van der Waals surface area contributed by atoms with Crippen LogP contribution in [0.2, 0.25) is 0 Å². The van der Waals surface area contributed by atoms with Crippen molar-refractivity contribution in [1.82, 2.24) is 5.39 Å². The topological polar surface area (TPSA) is 129 Å². The Kier molecular flexibility index (Phi) is 22.5. The third-order valence-corrected chi connectivity index (χ3v) is 2.36. The maximum Gasteiger partial charge on any atom is 0.303 e. The van der Waals surface area contributed by atoms with Crippen molar-refractivity contribution in [3.8, 4) is 0 Å². The van der Waals surface area contributed by atoms with E-state index >= 15 is 0 Å². The van der Waals surface area contributed by atoms with Gasteiger partial charge in [-0.2, -0.15) is 0 Å². The molecule has 0 radical (unpaired) electrons. The van der Waals surface area contributed by atoms with Crippen molar-refractivity contribution < 1.29 is 39.7 Å². The summed E-state index contributed by atoms with van der Waals surface area (Å²) in [6.07, 6.45) is 5.88. The summed E-state index contributed by atoms with van der Waals surface area (Å²) in [6, 6.07) is 0. The van der Waals surface area contributed by atoms with Gasteiger partial charge in [0.05, 0.1) is 45.0 Å². The molecule has 0 aromatic heterocycles. The zero-order valence-corrected chi connectivity index (χ0v) is 13.9. The highest BCUT2D eigenvalue weighted by atomic mass is 17.2. The van der Waals surface area contributed by atoms with Crippen LogP contribution < -0.4 is 0 Å². The molecule has 0 bridgehead atoms. The molecule has 9 nitrogen and oxygen atoms in total. The second-order valence-corrected chi connectivity index (χ2v) is 4.45. The summed E-state index contributed by atoms with van der Waals surface area (Å²) in [6.45, 7) is 1.65. The molecule has 4 N–H and O–H groups in total. The number of hydrogen-bond acceptors (Lipinski definition) is 8. The number of carboxylic acids is 1. The van der Waals surface area contributed by atoms with Crippen molar-refractivity contribution in [1.29, 1.82) is 0 Å². The summed E-state index contributed by atoms with van der Waals surface area (Å²) in [5.74, 6) is -0.670. The van der Waals surface area contributed by atoms with E-state index < -0.39 is 5.97 Å². The fourth-order valence-electron chi connectivity index (χ4n) is 1.34. The number of unbranched alkanes of at least 4 members (excludes halogenated alkanes) is 4. The second kappa shape index (κ2) is 21.2. The van der Waals surface area contributed by atoms with Crippen LogP contribution in [0, 0.1) is 0 Å². The lowest BCUT2D eigenvalue weighted by atomic mass is 10.1. The molecule has 0 aliphatic rings. The molecule has 0 heterocycles. The van der Waals surface area contributed by atoms with Crippen LogP contribution in [0.5, 0.6) is 0 Å². The standard InChI is InChI=1S/C8H16O2.C6H15NO6/c1-2-3-4-5-6-7-8(9)10;8-1-4-11-7(12-5-2-9)13-6-3-10/h2-7H2,1H3,(H,9,10);8-10H,1-6H2. The molecular weight excluding hydrogens is 310 g/mol. The van der Waals surface area contributed by atoms with Gasteiger partial charge in [-0.15, -0.1) is 0 Å². The third-order valence-electron chi connectivity index (χ3n) is 2.36. The summed E-state index contributed by atoms with van der Waals surface area (Å²) >= 11 is 0. The lowest BCUT2D eigenvalue weighted by molar-refractivity contribution is -0.527. The van der Waals surface area contributed by atoms with Gasteiger partial charge in [0, 0.05) is 6.42 Å². The average molecular weight is 341 g/mol. The number of carboxylic acid groups (broad SMARTS) is 1. The van der Waals surface area contributed by atoms with E-state index in [-0.39, 0.29) is 39.6 Å². The van der Waals surface area contributed by atoms with Gasteiger partial charge in [-0.05, 0) is 6.42 Å². The fourth-order valence-corrected chi connectivity index (χ4v) is 1.34. The van der Waals surface area contributed by atoms with Gasteiger partial charge in [-0.1, -0.05) is 32.6 Å². The molecule has 0 aromatic rings. The highest BCUT2D eigenvalue weighted by molar-refractivity contribution is 5.66. The minimum Gasteiger partial charge on any atom is -0.481 e. The minimum atomic E-state index is -0.670. The zero-order chi connectivity index (χ0) is 17.8. The highest BCUT2D eigenvalue weighted by Crippen LogP contribution is 2.04. The van der Waals surface area contributed by atoms with Crippen LogP contribution in [0.4, 0.5) is 0 Å². The molecule has 0 aliphatic heterocycles. The Labute approximate surface area is 137 Å². The van der Waals surface area contributed by atoms with Gasteiger partial charge in [0.25, 0.3) is 0 Å². The molecule has 0 amide bonds. The minimum absolute atomic E-state index is 0.0108. The number of aliphatic carboxylic acids is 1. The number of nitrogens with zero attached hydrogens (tertiary/aromatic N) is 1. The molecule has 0 aliphatic carbocycles. The van der Waals surface area contributed by atoms with E-state index in [0.29, 0.717) is 11.8 Å². The van der Waals surface area contributed by atoms with Crippen LogP contribution >= 0.6 is 0 Å². The van der Waals surface area contributed by atoms with E-state index in [1.807, 2.05) is 0 Å². The van der Waals surface area contributed by atoms with Crippen LogP contribution in [0.1, 0.15) is 45.4 Å². The SMILES string of the molecule is CCCCCCCC(=O)O.OCCON(OCCO)OCCO. The monoisotopic (exact) mass is 341 g/mol. The van der Waals surface area contributed by atoms with E-state index in [1.54, 1.807) is 0 Å². The van der Waals surface area contributed by atoms with E-state index in [2.05, 4.69) is 6.92 Å². The number of rotatable bonds is 15. The zero-order valence-electron chi connectivity index (χ0n) is 13.9. The van der Waals surface area contributed by atoms with Gasteiger partial charge >= 0.3 is 5.97 Å². The van der Waals surface area contributed by atoms with E-state index in [1.165, 1.54) is 19.3 Å². The molecule has 0 aromatic carbocycles. The van der Waals surface area contributed by atoms with Crippen molar-refractivity contribution in [3.05, 3.63) is 0 Å². The Hall–Kier alpha value is -0.810. The first-order valence-electron chi connectivity index (χ1n) is 7.85. The lowest BCUT2D eigenvalue weighted by Gasteiger charge is -2.17. The highest BCUT2D eigenvalue weighted by Gasteiger charge is 2.05. The maximum atomic E-state index is 10.0. The Morgan fingerprint density at radius 1 is 0.826 bits per heavy atom. The molecule has 9 heteroatoms. The summed E-state index contributed by atoms with van der Waals surface area (Å²) in [5.41, 5.74) is 0. The van der Waals surface area contributed by atoms with Gasteiger partial charge in [-0.25, -0.2) is 14.5 Å². The van der Waals surface area contributed by atoms with Crippen LogP contribution in [0.3, 0.4) is 0 Å². The second-order valence-electron chi connectivity index (χ2n) is 4.45. The molecular formula is C14H31NO8. The maximum absolute atomic E-state index is 10.0. The number of hydrogen-bond donors (Lipinski definition) is 4. The number of aliphatic hydroxyl groups is 3. The van der Waals surface area contributed by atoms with Gasteiger partial charge < -0.3 is 20.4 Å². The molecule has 0 unspecified atom stereocenters. The first kappa shape index (κ1) is 24.4. The van der Waals surface area contributed by atoms with Crippen molar-refractivity contribution in [2.45, 2.75) is 45.4 Å². The van der Waals surface area contributed by atoms with Crippen LogP contribution in [0.15, 0.2) is 0 Å². The third kappa shape index (κ3) is 23.6. The predicted molar refractivity (Wildman–Crippen MR) is 82.0 cm³/mol. The van der Waals surface area contributed by atoms with Crippen molar-refractivity contribution in [2.75, 3.05) is 39.6 Å². The van der Waals surface area contributed by atoms with Crippen molar-refractivity contribution in [2.24, 2.45) is 0 Å². The van der Waals surface area contributed by atoms with E-state index in [0.717, 1.165) is 12.8 Å². The lowest BCUT2D eigenvalue weighted by Crippen LogP contribution is -2.28. The summed E-state index contributed by atoms with van der Waals surface area (Å²) in [7, 11) is 0. The quantitative estimate of drug-likeness (QED) is 0.248. The average Bonchev–Trinajstić information content (AvgIpc) is 2.54. The van der Waals surface area contributed by atoms with Crippen LogP contribution in [-0.2, 0) is 19.3 Å². The normalized spacial score (nSPS) is 10.5. The van der Waals surface area contributed by atoms with Gasteiger partial charge in [0.2, 0.25) is 0 Å². The predicted octanol–water partition coefficient (Wildman–Crippen LogP) is 0.492. The summed E-state index contributed by atoms with van der Waals surface area (Å²) in [4.78, 5) is 24.2. The molecule has 0 saturated heterocycles. The Morgan fingerprint density at radius 2 is 1.26 bits per heavy atom. The van der Waals surface area contributed by atoms with Gasteiger partial charge in [-0.3, -0.25) is 4.79 Å². The smallest absolute Gasteiger partial charge is 0.303 e. The van der Waals surface area contributed by atoms with Gasteiger partial charge in [0.1, 0.15) is 0 Å². The Morgan fingerprint density at radius 3 is 1.61 bits per heavy atom. The van der Waals surface area contributed by atoms with E-state index in [9.17, 15) is 4.79 Å². The molecule has 23 heavy (non-hydrogen) atoms. The first-order valence-corrected chi connectivity index (χ1v) is 7.85. The van der Waals surface area contributed by atoms with E-state index in [4.69, 9.17) is 34.9 Å². The molecule has 0 fully saturated rings. The largest absolute Gasteiger partial charge is 0.481 e. The Balaban J connectivity index is 0. The number of aliphatic hydroxyl groups excluding tert-OH is 3. The van der Waals surface area contributed by atoms with Crippen molar-refractivity contribution in [3.63, 3.8) is 0 Å². The summed E-state index contributed by atoms with van der Waals surface area (Å²) in [5, 5.41) is 34.1. The molecule has 0 rings (SSSR count). The van der Waals surface area contributed by atoms with Crippen LogP contribution in [0.25, 0.3) is 0 Å². The Bertz CT molecular complexity index is 224. The van der Waals surface area contributed by atoms with Gasteiger partial charge in [0.15, 0.2) is 0 Å². The molecule has 140 valence electrons. The van der Waals surface area contributed by atoms with Crippen molar-refractivity contribution >= 4 is 5.97 Å². The molecule has 0 atom stereocenters. The molecule has 0 saturated carbocycles.